The fourth-order valence-corrected chi connectivity index (χ4v) is 5.52. The first-order chi connectivity index (χ1) is 19.1. The number of anilines is 1. The molecule has 40 heavy (non-hydrogen) atoms. The maximum atomic E-state index is 13.9. The third-order valence-corrected chi connectivity index (χ3v) is 8.52. The summed E-state index contributed by atoms with van der Waals surface area (Å²) in [5.41, 5.74) is 1.04. The molecule has 3 aromatic carbocycles. The van der Waals surface area contributed by atoms with Gasteiger partial charge in [0.05, 0.1) is 17.2 Å². The van der Waals surface area contributed by atoms with Gasteiger partial charge in [-0.1, -0.05) is 48.9 Å². The van der Waals surface area contributed by atoms with Crippen molar-refractivity contribution in [3.8, 4) is 5.75 Å². The summed E-state index contributed by atoms with van der Waals surface area (Å²) in [5, 5.41) is 3.46. The second kappa shape index (κ2) is 14.2. The molecule has 214 valence electrons. The number of hydrogen-bond donors (Lipinski definition) is 1. The molecule has 0 aliphatic rings. The van der Waals surface area contributed by atoms with E-state index >= 15 is 0 Å². The third kappa shape index (κ3) is 7.99. The molecule has 0 bridgehead atoms. The summed E-state index contributed by atoms with van der Waals surface area (Å²) in [6.45, 7) is 7.37. The molecule has 3 aromatic rings. The molecule has 0 fully saturated rings. The van der Waals surface area contributed by atoms with Gasteiger partial charge in [0, 0.05) is 17.6 Å². The molecule has 3 rings (SSSR count). The number of carbonyl (C=O) groups excluding carboxylic acids is 2. The van der Waals surface area contributed by atoms with Crippen molar-refractivity contribution in [1.82, 2.24) is 10.2 Å². The number of carbonyl (C=O) groups is 2. The second-order valence-corrected chi connectivity index (χ2v) is 11.7. The summed E-state index contributed by atoms with van der Waals surface area (Å²) in [6.07, 6.45) is 0.727. The fraction of sp³-hybridized carbons (Fsp3) is 0.333. The van der Waals surface area contributed by atoms with Crippen molar-refractivity contribution in [2.24, 2.45) is 0 Å². The Morgan fingerprint density at radius 3 is 2.12 bits per heavy atom. The van der Waals surface area contributed by atoms with Crippen LogP contribution >= 0.6 is 11.6 Å². The van der Waals surface area contributed by atoms with Crippen LogP contribution in [0, 0.1) is 0 Å². The highest BCUT2D eigenvalue weighted by molar-refractivity contribution is 7.92. The largest absolute Gasteiger partial charge is 0.494 e. The SMILES string of the molecule is CCOc1ccc(N(CC(=O)N(Cc2ccc(Cl)cc2)[C@H](C)C(=O)N[C@@H](C)CC)S(=O)(=O)c2ccccc2)cc1. The summed E-state index contributed by atoms with van der Waals surface area (Å²) in [7, 11) is -4.13. The maximum Gasteiger partial charge on any atom is 0.264 e. The van der Waals surface area contributed by atoms with Crippen molar-refractivity contribution in [3.63, 3.8) is 0 Å². The monoisotopic (exact) mass is 585 g/mol. The lowest BCUT2D eigenvalue weighted by Crippen LogP contribution is -2.52. The molecule has 0 aromatic heterocycles. The van der Waals surface area contributed by atoms with Gasteiger partial charge in [0.1, 0.15) is 18.3 Å². The smallest absolute Gasteiger partial charge is 0.264 e. The highest BCUT2D eigenvalue weighted by Gasteiger charge is 2.32. The highest BCUT2D eigenvalue weighted by atomic mass is 35.5. The van der Waals surface area contributed by atoms with E-state index < -0.39 is 28.5 Å². The van der Waals surface area contributed by atoms with Crippen molar-refractivity contribution in [1.29, 1.82) is 0 Å². The second-order valence-electron chi connectivity index (χ2n) is 9.39. The number of rotatable bonds is 13. The van der Waals surface area contributed by atoms with Gasteiger partial charge in [-0.3, -0.25) is 13.9 Å². The number of benzene rings is 3. The minimum atomic E-state index is -4.13. The minimum Gasteiger partial charge on any atom is -0.494 e. The maximum absolute atomic E-state index is 13.9. The Labute approximate surface area is 241 Å². The number of hydrogen-bond acceptors (Lipinski definition) is 5. The first kappa shape index (κ1) is 31.0. The molecule has 0 radical (unpaired) electrons. The van der Waals surface area contributed by atoms with Crippen molar-refractivity contribution >= 4 is 39.1 Å². The van der Waals surface area contributed by atoms with Gasteiger partial charge in [0.25, 0.3) is 10.0 Å². The summed E-state index contributed by atoms with van der Waals surface area (Å²) >= 11 is 6.05. The number of sulfonamides is 1. The molecule has 0 spiro atoms. The van der Waals surface area contributed by atoms with Gasteiger partial charge in [-0.2, -0.15) is 0 Å². The normalized spacial score (nSPS) is 12.7. The van der Waals surface area contributed by atoms with Crippen molar-refractivity contribution in [3.05, 3.63) is 89.4 Å². The van der Waals surface area contributed by atoms with E-state index in [0.717, 1.165) is 16.3 Å². The van der Waals surface area contributed by atoms with Crippen LogP contribution in [0.4, 0.5) is 5.69 Å². The lowest BCUT2D eigenvalue weighted by Gasteiger charge is -2.32. The van der Waals surface area contributed by atoms with E-state index in [-0.39, 0.29) is 23.4 Å². The number of nitrogens with one attached hydrogen (secondary N) is 1. The van der Waals surface area contributed by atoms with Crippen LogP contribution in [0.5, 0.6) is 5.75 Å². The van der Waals surface area contributed by atoms with E-state index in [1.807, 2.05) is 20.8 Å². The summed E-state index contributed by atoms with van der Waals surface area (Å²) < 4.78 is 34.2. The molecule has 10 heteroatoms. The zero-order chi connectivity index (χ0) is 29.3. The molecule has 0 aliphatic heterocycles. The highest BCUT2D eigenvalue weighted by Crippen LogP contribution is 2.26. The molecule has 8 nitrogen and oxygen atoms in total. The summed E-state index contributed by atoms with van der Waals surface area (Å²) in [5.74, 6) is -0.278. The zero-order valence-corrected chi connectivity index (χ0v) is 24.8. The van der Waals surface area contributed by atoms with Gasteiger partial charge >= 0.3 is 0 Å². The summed E-state index contributed by atoms with van der Waals surface area (Å²) in [4.78, 5) is 28.5. The lowest BCUT2D eigenvalue weighted by atomic mass is 10.1. The Morgan fingerprint density at radius 1 is 0.925 bits per heavy atom. The minimum absolute atomic E-state index is 0.0449. The van der Waals surface area contributed by atoms with Crippen molar-refractivity contribution in [2.75, 3.05) is 17.5 Å². The number of nitrogens with zero attached hydrogens (tertiary/aromatic N) is 2. The van der Waals surface area contributed by atoms with Crippen LogP contribution < -0.4 is 14.4 Å². The van der Waals surface area contributed by atoms with Crippen LogP contribution in [-0.4, -0.2) is 50.4 Å². The van der Waals surface area contributed by atoms with E-state index in [4.69, 9.17) is 16.3 Å². The van der Waals surface area contributed by atoms with Crippen LogP contribution in [0.15, 0.2) is 83.8 Å². The van der Waals surface area contributed by atoms with Gasteiger partial charge in [-0.05, 0) is 81.3 Å². The fourth-order valence-electron chi connectivity index (χ4n) is 3.96. The van der Waals surface area contributed by atoms with Crippen LogP contribution in [0.2, 0.25) is 5.02 Å². The van der Waals surface area contributed by atoms with E-state index in [1.54, 1.807) is 73.7 Å². The average Bonchev–Trinajstić information content (AvgIpc) is 2.96. The molecule has 0 heterocycles. The molecular formula is C30H36ClN3O5S. The average molecular weight is 586 g/mol. The van der Waals surface area contributed by atoms with Crippen LogP contribution in [0.3, 0.4) is 0 Å². The van der Waals surface area contributed by atoms with Crippen LogP contribution in [0.25, 0.3) is 0 Å². The Bertz CT molecular complexity index is 1370. The standard InChI is InChI=1S/C30H36ClN3O5S/c1-5-22(3)32-30(36)23(4)33(20-24-12-14-25(31)15-13-24)29(35)21-34(26-16-18-27(19-17-26)39-6-2)40(37,38)28-10-8-7-9-11-28/h7-19,22-23H,5-6,20-21H2,1-4H3,(H,32,36)/t22-,23+/m0/s1. The predicted octanol–water partition coefficient (Wildman–Crippen LogP) is 5.27. The van der Waals surface area contributed by atoms with E-state index in [1.165, 1.54) is 17.0 Å². The van der Waals surface area contributed by atoms with Crippen molar-refractivity contribution in [2.45, 2.75) is 57.6 Å². The number of halogens is 1. The van der Waals surface area contributed by atoms with Crippen LogP contribution in [0.1, 0.15) is 39.7 Å². The first-order valence-corrected chi connectivity index (χ1v) is 15.0. The Balaban J connectivity index is 2.01. The molecule has 2 atom stereocenters. The molecule has 0 unspecified atom stereocenters. The van der Waals surface area contributed by atoms with Gasteiger partial charge in [-0.15, -0.1) is 0 Å². The molecule has 0 aliphatic carbocycles. The third-order valence-electron chi connectivity index (χ3n) is 6.48. The van der Waals surface area contributed by atoms with Gasteiger partial charge in [0.2, 0.25) is 11.8 Å². The Morgan fingerprint density at radius 2 is 1.55 bits per heavy atom. The number of ether oxygens (including phenoxy) is 1. The zero-order valence-electron chi connectivity index (χ0n) is 23.2. The molecule has 0 saturated carbocycles. The first-order valence-electron chi connectivity index (χ1n) is 13.2. The van der Waals surface area contributed by atoms with Gasteiger partial charge in [-0.25, -0.2) is 8.42 Å². The molecule has 2 amide bonds. The van der Waals surface area contributed by atoms with Crippen molar-refractivity contribution < 1.29 is 22.7 Å². The van der Waals surface area contributed by atoms with Gasteiger partial charge < -0.3 is 15.0 Å². The molecule has 1 N–H and O–H groups in total. The predicted molar refractivity (Wildman–Crippen MR) is 158 cm³/mol. The van der Waals surface area contributed by atoms with E-state index in [2.05, 4.69) is 5.32 Å². The van der Waals surface area contributed by atoms with Crippen LogP contribution in [-0.2, 0) is 26.2 Å². The Kier molecular flexibility index (Phi) is 11.0. The van der Waals surface area contributed by atoms with E-state index in [9.17, 15) is 18.0 Å². The lowest BCUT2D eigenvalue weighted by molar-refractivity contribution is -0.139. The quantitative estimate of drug-likeness (QED) is 0.295. The van der Waals surface area contributed by atoms with E-state index in [0.29, 0.717) is 23.1 Å². The molecule has 0 saturated heterocycles. The topological polar surface area (TPSA) is 96.0 Å². The number of amides is 2. The molecular weight excluding hydrogens is 550 g/mol. The summed E-state index contributed by atoms with van der Waals surface area (Å²) in [6, 6.07) is 20.4. The van der Waals surface area contributed by atoms with Gasteiger partial charge in [0.15, 0.2) is 0 Å². The Hall–Kier alpha value is -3.56.